The number of methoxy groups -OCH3 is 1. The number of rotatable bonds is 10. The molecule has 2 aromatic heterocycles. The highest BCUT2D eigenvalue weighted by Crippen LogP contribution is 2.47. The van der Waals surface area contributed by atoms with Gasteiger partial charge in [-0.1, -0.05) is 6.08 Å². The number of hydrogen-bond donors (Lipinski definition) is 2. The fraction of sp³-hybridized carbons (Fsp3) is 0.531. The first-order chi connectivity index (χ1) is 21.6. The van der Waals surface area contributed by atoms with Gasteiger partial charge in [0, 0.05) is 73.5 Å². The number of nitrogens with zero attached hydrogens (tertiary/aromatic N) is 6. The summed E-state index contributed by atoms with van der Waals surface area (Å²) in [4.78, 5) is 42.6. The average molecular weight is 635 g/mol. The lowest BCUT2D eigenvalue weighted by Crippen LogP contribution is -2.48. The van der Waals surface area contributed by atoms with Gasteiger partial charge in [0.1, 0.15) is 23.5 Å². The monoisotopic (exact) mass is 634 g/mol. The molecule has 1 aliphatic carbocycles. The molecule has 0 radical (unpaired) electrons. The van der Waals surface area contributed by atoms with Crippen LogP contribution in [0.15, 0.2) is 30.0 Å². The summed E-state index contributed by atoms with van der Waals surface area (Å²) in [7, 11) is 3.66. The molecule has 240 valence electrons. The van der Waals surface area contributed by atoms with E-state index >= 15 is 0 Å². The normalized spacial score (nSPS) is 22.4. The molecule has 45 heavy (non-hydrogen) atoms. The third kappa shape index (κ3) is 6.98. The first kappa shape index (κ1) is 32.4. The molecule has 0 bridgehead atoms. The standard InChI is InChI=1S/C32H42N8O4S/c1-32(10-4-8-24-29(32)22(19-33)30(35)45-24)25(34)17-23(41)31-36-26(18-27(37-31)44-20-21-7-5-11-38(21)2)39-12-14-40(15-13-39)28(42)9-6-16-43-3/h6,9,17-18,21H,4-5,7-8,10-16,20,34-35H2,1-3H3/b9-6+,25-17-. The van der Waals surface area contributed by atoms with Gasteiger partial charge < -0.3 is 35.6 Å². The Labute approximate surface area is 268 Å². The lowest BCUT2D eigenvalue weighted by Gasteiger charge is -2.35. The number of anilines is 2. The number of thiophene rings is 1. The van der Waals surface area contributed by atoms with Crippen molar-refractivity contribution in [3.63, 3.8) is 0 Å². The van der Waals surface area contributed by atoms with Crippen LogP contribution in [0.2, 0.25) is 0 Å². The van der Waals surface area contributed by atoms with E-state index in [4.69, 9.17) is 20.9 Å². The number of fused-ring (bicyclic) bond motifs is 1. The fourth-order valence-corrected chi connectivity index (χ4v) is 7.58. The van der Waals surface area contributed by atoms with Crippen molar-refractivity contribution in [3.05, 3.63) is 51.8 Å². The Bertz CT molecular complexity index is 1520. The molecule has 0 spiro atoms. The SMILES string of the molecule is COC/C=C/C(=O)N1CCN(c2cc(OCC3CCCN3C)nc(C(=O)/C=C(\N)C3(C)CCCc4sc(N)c(C#N)c43)n2)CC1. The molecule has 4 heterocycles. The first-order valence-electron chi connectivity index (χ1n) is 15.4. The minimum absolute atomic E-state index is 0.0174. The van der Waals surface area contributed by atoms with Crippen LogP contribution in [-0.4, -0.2) is 97.6 Å². The number of nitriles is 1. The van der Waals surface area contributed by atoms with Gasteiger partial charge in [-0.25, -0.2) is 4.98 Å². The van der Waals surface area contributed by atoms with Gasteiger partial charge in [-0.15, -0.1) is 11.3 Å². The van der Waals surface area contributed by atoms with Crippen molar-refractivity contribution in [1.29, 1.82) is 5.26 Å². The molecule has 2 atom stereocenters. The Morgan fingerprint density at radius 3 is 2.69 bits per heavy atom. The van der Waals surface area contributed by atoms with Crippen molar-refractivity contribution in [3.8, 4) is 11.9 Å². The predicted octanol–water partition coefficient (Wildman–Crippen LogP) is 2.64. The van der Waals surface area contributed by atoms with E-state index in [-0.39, 0.29) is 17.8 Å². The first-order valence-corrected chi connectivity index (χ1v) is 16.2. The Morgan fingerprint density at radius 2 is 2.00 bits per heavy atom. The van der Waals surface area contributed by atoms with Crippen LogP contribution < -0.4 is 21.1 Å². The minimum Gasteiger partial charge on any atom is -0.476 e. The second-order valence-electron chi connectivity index (χ2n) is 12.0. The number of allylic oxidation sites excluding steroid dienone is 2. The molecule has 0 aromatic carbocycles. The van der Waals surface area contributed by atoms with Crippen molar-refractivity contribution in [2.24, 2.45) is 5.73 Å². The zero-order valence-corrected chi connectivity index (χ0v) is 27.1. The van der Waals surface area contributed by atoms with Crippen LogP contribution in [0.3, 0.4) is 0 Å². The largest absolute Gasteiger partial charge is 0.476 e. The number of hydrogen-bond acceptors (Lipinski definition) is 12. The quantitative estimate of drug-likeness (QED) is 0.292. The number of ether oxygens (including phenoxy) is 2. The average Bonchev–Trinajstić information content (AvgIpc) is 3.61. The molecule has 2 aliphatic heterocycles. The molecule has 12 nitrogen and oxygen atoms in total. The molecule has 2 unspecified atom stereocenters. The van der Waals surface area contributed by atoms with Crippen molar-refractivity contribution >= 4 is 33.8 Å². The van der Waals surface area contributed by atoms with Gasteiger partial charge in [0.2, 0.25) is 23.4 Å². The fourth-order valence-electron chi connectivity index (χ4n) is 6.39. The topological polar surface area (TPSA) is 164 Å². The molecule has 3 aliphatic rings. The number of likely N-dealkylation sites (N-methyl/N-ethyl adjacent to an activating group) is 1. The number of likely N-dealkylation sites (tertiary alicyclic amines) is 1. The molecule has 5 rings (SSSR count). The Kier molecular flexibility index (Phi) is 10.1. The maximum Gasteiger partial charge on any atom is 0.246 e. The van der Waals surface area contributed by atoms with Gasteiger partial charge in [-0.3, -0.25) is 9.59 Å². The molecule has 4 N–H and O–H groups in total. The molecule has 13 heteroatoms. The number of ketones is 1. The second kappa shape index (κ2) is 14.0. The van der Waals surface area contributed by atoms with E-state index in [9.17, 15) is 14.9 Å². The minimum atomic E-state index is -0.715. The molecule has 2 aromatic rings. The maximum atomic E-state index is 13.8. The van der Waals surface area contributed by atoms with Crippen molar-refractivity contribution in [1.82, 2.24) is 19.8 Å². The number of amides is 1. The van der Waals surface area contributed by atoms with E-state index in [0.717, 1.165) is 42.7 Å². The molecule has 1 amide bonds. The highest BCUT2D eigenvalue weighted by Gasteiger charge is 2.39. The van der Waals surface area contributed by atoms with Crippen molar-refractivity contribution < 1.29 is 19.1 Å². The van der Waals surface area contributed by atoms with E-state index in [2.05, 4.69) is 28.0 Å². The summed E-state index contributed by atoms with van der Waals surface area (Å²) in [5, 5.41) is 10.3. The zero-order valence-electron chi connectivity index (χ0n) is 26.3. The molecule has 2 fully saturated rings. The summed E-state index contributed by atoms with van der Waals surface area (Å²) in [6.45, 7) is 5.89. The Hall–Kier alpha value is -3.99. The summed E-state index contributed by atoms with van der Waals surface area (Å²) < 4.78 is 11.2. The van der Waals surface area contributed by atoms with Crippen LogP contribution >= 0.6 is 11.3 Å². The van der Waals surface area contributed by atoms with Gasteiger partial charge in [0.05, 0.1) is 12.2 Å². The smallest absolute Gasteiger partial charge is 0.246 e. The Balaban J connectivity index is 1.40. The van der Waals surface area contributed by atoms with E-state index in [1.165, 1.54) is 23.5 Å². The summed E-state index contributed by atoms with van der Waals surface area (Å²) in [6.07, 6.45) is 9.15. The highest BCUT2D eigenvalue weighted by molar-refractivity contribution is 7.16. The number of aryl methyl sites for hydroxylation is 1. The van der Waals surface area contributed by atoms with Crippen LogP contribution in [0.25, 0.3) is 0 Å². The number of nitrogens with two attached hydrogens (primary N) is 2. The number of carbonyl (C=O) groups is 2. The van der Waals surface area contributed by atoms with Crippen LogP contribution in [0, 0.1) is 11.3 Å². The summed E-state index contributed by atoms with van der Waals surface area (Å²) in [5.74, 6) is 0.350. The van der Waals surface area contributed by atoms with Crippen LogP contribution in [0.4, 0.5) is 10.8 Å². The summed E-state index contributed by atoms with van der Waals surface area (Å²) in [6, 6.07) is 4.28. The predicted molar refractivity (Wildman–Crippen MR) is 173 cm³/mol. The maximum absolute atomic E-state index is 13.8. The third-order valence-electron chi connectivity index (χ3n) is 9.12. The van der Waals surface area contributed by atoms with Gasteiger partial charge in [-0.05, 0) is 58.2 Å². The van der Waals surface area contributed by atoms with Crippen molar-refractivity contribution in [2.45, 2.75) is 50.5 Å². The van der Waals surface area contributed by atoms with E-state index in [1.54, 1.807) is 24.2 Å². The number of aromatic nitrogens is 2. The molecule has 2 saturated heterocycles. The lowest BCUT2D eigenvalue weighted by molar-refractivity contribution is -0.126. The number of piperazine rings is 1. The van der Waals surface area contributed by atoms with Gasteiger partial charge in [-0.2, -0.15) is 10.2 Å². The van der Waals surface area contributed by atoms with Crippen LogP contribution in [-0.2, 0) is 21.4 Å². The summed E-state index contributed by atoms with van der Waals surface area (Å²) >= 11 is 1.42. The summed E-state index contributed by atoms with van der Waals surface area (Å²) in [5.41, 5.74) is 13.8. The van der Waals surface area contributed by atoms with Crippen molar-refractivity contribution in [2.75, 3.05) is 70.7 Å². The molecular weight excluding hydrogens is 592 g/mol. The lowest BCUT2D eigenvalue weighted by atomic mass is 9.70. The Morgan fingerprint density at radius 1 is 1.22 bits per heavy atom. The van der Waals surface area contributed by atoms with E-state index < -0.39 is 11.2 Å². The van der Waals surface area contributed by atoms with E-state index in [0.29, 0.717) is 73.8 Å². The van der Waals surface area contributed by atoms with Gasteiger partial charge >= 0.3 is 0 Å². The third-order valence-corrected chi connectivity index (χ3v) is 10.2. The van der Waals surface area contributed by atoms with Crippen LogP contribution in [0.1, 0.15) is 59.2 Å². The number of carbonyl (C=O) groups excluding carboxylic acids is 2. The zero-order chi connectivity index (χ0) is 32.1. The van der Waals surface area contributed by atoms with Gasteiger partial charge in [0.25, 0.3) is 0 Å². The highest BCUT2D eigenvalue weighted by atomic mass is 32.1. The number of nitrogen functional groups attached to an aromatic ring is 1. The molecular formula is C32H42N8O4S. The molecule has 0 saturated carbocycles. The van der Waals surface area contributed by atoms with E-state index in [1.807, 2.05) is 11.8 Å². The van der Waals surface area contributed by atoms with Crippen LogP contribution in [0.5, 0.6) is 5.88 Å². The van der Waals surface area contributed by atoms with Gasteiger partial charge in [0.15, 0.2) is 0 Å². The second-order valence-corrected chi connectivity index (χ2v) is 13.2.